The number of alkyl halides is 3. The number of aliphatic hydroxyl groups is 1. The third-order valence-electron chi connectivity index (χ3n) is 2.93. The standard InChI is InChI=1S/C14H16F3NO4/c1-22-13(21)10(7-8-11(19)14(15,16)17)18-12(20)9-5-3-2-4-6-9/h2-6,10-11,19H,7-8H2,1H3,(H,18,20)/t10-,11+/m0/s1. The molecule has 8 heteroatoms. The number of hydrogen-bond donors (Lipinski definition) is 2. The summed E-state index contributed by atoms with van der Waals surface area (Å²) in [6, 6.07) is 6.62. The lowest BCUT2D eigenvalue weighted by Gasteiger charge is -2.19. The van der Waals surface area contributed by atoms with Gasteiger partial charge in [-0.05, 0) is 25.0 Å². The Hall–Kier alpha value is -2.09. The summed E-state index contributed by atoms with van der Waals surface area (Å²) in [4.78, 5) is 23.5. The summed E-state index contributed by atoms with van der Waals surface area (Å²) in [7, 11) is 1.06. The molecule has 1 amide bonds. The van der Waals surface area contributed by atoms with Gasteiger partial charge in [0, 0.05) is 5.56 Å². The van der Waals surface area contributed by atoms with Gasteiger partial charge >= 0.3 is 12.1 Å². The molecular formula is C14H16F3NO4. The number of benzene rings is 1. The first kappa shape index (κ1) is 18.0. The first-order valence-corrected chi connectivity index (χ1v) is 6.44. The molecule has 0 aliphatic carbocycles. The minimum absolute atomic E-state index is 0.257. The van der Waals surface area contributed by atoms with Crippen molar-refractivity contribution in [2.75, 3.05) is 7.11 Å². The lowest BCUT2D eigenvalue weighted by molar-refractivity contribution is -0.206. The van der Waals surface area contributed by atoms with Crippen LogP contribution in [0, 0.1) is 0 Å². The van der Waals surface area contributed by atoms with Crippen LogP contribution >= 0.6 is 0 Å². The molecule has 0 aliphatic rings. The van der Waals surface area contributed by atoms with Crippen LogP contribution in [0.4, 0.5) is 13.2 Å². The van der Waals surface area contributed by atoms with Crippen molar-refractivity contribution in [2.45, 2.75) is 31.2 Å². The van der Waals surface area contributed by atoms with Gasteiger partial charge in [0.25, 0.3) is 5.91 Å². The zero-order chi connectivity index (χ0) is 16.8. The van der Waals surface area contributed by atoms with Crippen molar-refractivity contribution in [2.24, 2.45) is 0 Å². The van der Waals surface area contributed by atoms with Crippen molar-refractivity contribution in [3.8, 4) is 0 Å². The fourth-order valence-corrected chi connectivity index (χ4v) is 1.71. The molecule has 0 radical (unpaired) electrons. The summed E-state index contributed by atoms with van der Waals surface area (Å²) in [5.74, 6) is -1.49. The van der Waals surface area contributed by atoms with Crippen molar-refractivity contribution in [3.63, 3.8) is 0 Å². The molecule has 22 heavy (non-hydrogen) atoms. The highest BCUT2D eigenvalue weighted by Crippen LogP contribution is 2.23. The van der Waals surface area contributed by atoms with Gasteiger partial charge in [0.2, 0.25) is 0 Å². The van der Waals surface area contributed by atoms with E-state index in [0.29, 0.717) is 0 Å². The second kappa shape index (κ2) is 7.79. The van der Waals surface area contributed by atoms with E-state index < -0.39 is 43.0 Å². The molecule has 0 aliphatic heterocycles. The van der Waals surface area contributed by atoms with Crippen molar-refractivity contribution in [1.82, 2.24) is 5.32 Å². The number of methoxy groups -OCH3 is 1. The fraction of sp³-hybridized carbons (Fsp3) is 0.429. The molecule has 5 nitrogen and oxygen atoms in total. The molecule has 0 unspecified atom stereocenters. The molecule has 122 valence electrons. The third kappa shape index (κ3) is 5.36. The Bertz CT molecular complexity index is 505. The average Bonchev–Trinajstić information content (AvgIpc) is 2.49. The van der Waals surface area contributed by atoms with Gasteiger partial charge in [0.1, 0.15) is 12.1 Å². The molecule has 1 aromatic carbocycles. The van der Waals surface area contributed by atoms with E-state index in [4.69, 9.17) is 5.11 Å². The highest BCUT2D eigenvalue weighted by Gasteiger charge is 2.38. The Morgan fingerprint density at radius 3 is 2.32 bits per heavy atom. The number of hydrogen-bond acceptors (Lipinski definition) is 4. The van der Waals surface area contributed by atoms with Crippen molar-refractivity contribution >= 4 is 11.9 Å². The summed E-state index contributed by atoms with van der Waals surface area (Å²) in [6.07, 6.45) is -8.46. The van der Waals surface area contributed by atoms with Crippen molar-refractivity contribution < 1.29 is 32.6 Å². The van der Waals surface area contributed by atoms with Gasteiger partial charge in [0.15, 0.2) is 0 Å². The molecule has 0 aromatic heterocycles. The van der Waals surface area contributed by atoms with E-state index in [0.717, 1.165) is 7.11 Å². The van der Waals surface area contributed by atoms with E-state index in [1.54, 1.807) is 18.2 Å². The Morgan fingerprint density at radius 2 is 1.82 bits per heavy atom. The van der Waals surface area contributed by atoms with Gasteiger partial charge in [-0.15, -0.1) is 0 Å². The summed E-state index contributed by atoms with van der Waals surface area (Å²) in [5.41, 5.74) is 0.257. The summed E-state index contributed by atoms with van der Waals surface area (Å²) < 4.78 is 41.2. The summed E-state index contributed by atoms with van der Waals surface area (Å²) in [6.45, 7) is 0. The van der Waals surface area contributed by atoms with Crippen LogP contribution in [-0.2, 0) is 9.53 Å². The quantitative estimate of drug-likeness (QED) is 0.782. The topological polar surface area (TPSA) is 75.6 Å². The Balaban J connectivity index is 2.69. The second-order valence-corrected chi connectivity index (χ2v) is 4.55. The van der Waals surface area contributed by atoms with Crippen LogP contribution in [0.25, 0.3) is 0 Å². The minimum atomic E-state index is -4.77. The smallest absolute Gasteiger partial charge is 0.414 e. The second-order valence-electron chi connectivity index (χ2n) is 4.55. The maximum absolute atomic E-state index is 12.3. The molecule has 0 heterocycles. The molecule has 2 N–H and O–H groups in total. The summed E-state index contributed by atoms with van der Waals surface area (Å²) in [5, 5.41) is 11.2. The number of nitrogens with one attached hydrogen (secondary N) is 1. The number of carbonyl (C=O) groups is 2. The predicted molar refractivity (Wildman–Crippen MR) is 71.0 cm³/mol. The Labute approximate surface area is 125 Å². The first-order chi connectivity index (χ1) is 10.3. The van der Waals surface area contributed by atoms with E-state index >= 15 is 0 Å². The number of carbonyl (C=O) groups excluding carboxylic acids is 2. The number of amides is 1. The van der Waals surface area contributed by atoms with Gasteiger partial charge in [-0.3, -0.25) is 4.79 Å². The van der Waals surface area contributed by atoms with Crippen LogP contribution in [0.3, 0.4) is 0 Å². The lowest BCUT2D eigenvalue weighted by Crippen LogP contribution is -2.42. The maximum atomic E-state index is 12.3. The minimum Gasteiger partial charge on any atom is -0.467 e. The van der Waals surface area contributed by atoms with E-state index in [1.807, 2.05) is 0 Å². The van der Waals surface area contributed by atoms with Gasteiger partial charge in [-0.1, -0.05) is 18.2 Å². The molecular weight excluding hydrogens is 303 g/mol. The highest BCUT2D eigenvalue weighted by molar-refractivity contribution is 5.96. The molecule has 0 fully saturated rings. The zero-order valence-corrected chi connectivity index (χ0v) is 11.8. The monoisotopic (exact) mass is 319 g/mol. The molecule has 2 atom stereocenters. The third-order valence-corrected chi connectivity index (χ3v) is 2.93. The number of aliphatic hydroxyl groups excluding tert-OH is 1. The predicted octanol–water partition coefficient (Wildman–Crippen LogP) is 1.66. The maximum Gasteiger partial charge on any atom is 0.414 e. The van der Waals surface area contributed by atoms with Gasteiger partial charge in [-0.2, -0.15) is 13.2 Å². The van der Waals surface area contributed by atoms with E-state index in [-0.39, 0.29) is 5.56 Å². The largest absolute Gasteiger partial charge is 0.467 e. The number of rotatable bonds is 6. The van der Waals surface area contributed by atoms with Crippen LogP contribution in [0.15, 0.2) is 30.3 Å². The van der Waals surface area contributed by atoms with Gasteiger partial charge in [0.05, 0.1) is 7.11 Å². The highest BCUT2D eigenvalue weighted by atomic mass is 19.4. The van der Waals surface area contributed by atoms with Gasteiger partial charge in [-0.25, -0.2) is 4.79 Å². The van der Waals surface area contributed by atoms with Crippen molar-refractivity contribution in [3.05, 3.63) is 35.9 Å². The Kier molecular flexibility index (Phi) is 6.36. The molecule has 1 aromatic rings. The van der Waals surface area contributed by atoms with E-state index in [9.17, 15) is 22.8 Å². The van der Waals surface area contributed by atoms with Crippen LogP contribution in [0.2, 0.25) is 0 Å². The molecule has 0 bridgehead atoms. The average molecular weight is 319 g/mol. The van der Waals surface area contributed by atoms with Crippen LogP contribution in [0.1, 0.15) is 23.2 Å². The molecule has 0 saturated heterocycles. The number of esters is 1. The Morgan fingerprint density at radius 1 is 1.23 bits per heavy atom. The molecule has 0 saturated carbocycles. The van der Waals surface area contributed by atoms with E-state index in [1.165, 1.54) is 12.1 Å². The first-order valence-electron chi connectivity index (χ1n) is 6.44. The van der Waals surface area contributed by atoms with Crippen LogP contribution in [0.5, 0.6) is 0 Å². The van der Waals surface area contributed by atoms with Crippen LogP contribution < -0.4 is 5.32 Å². The lowest BCUT2D eigenvalue weighted by atomic mass is 10.1. The summed E-state index contributed by atoms with van der Waals surface area (Å²) >= 11 is 0. The fourth-order valence-electron chi connectivity index (χ4n) is 1.71. The normalized spacial score (nSPS) is 14.0. The van der Waals surface area contributed by atoms with Gasteiger partial charge < -0.3 is 15.2 Å². The SMILES string of the molecule is COC(=O)[C@H](CC[C@@H](O)C(F)(F)F)NC(=O)c1ccccc1. The zero-order valence-electron chi connectivity index (χ0n) is 11.8. The van der Waals surface area contributed by atoms with Crippen molar-refractivity contribution in [1.29, 1.82) is 0 Å². The van der Waals surface area contributed by atoms with E-state index in [2.05, 4.69) is 10.1 Å². The molecule has 1 rings (SSSR count). The van der Waals surface area contributed by atoms with Crippen LogP contribution in [-0.4, -0.2) is 42.4 Å². The number of halogens is 3. The number of ether oxygens (including phenoxy) is 1. The molecule has 0 spiro atoms.